The zero-order chi connectivity index (χ0) is 13.3. The SMILES string of the molecule is COc1cc(N)c2c(c1N)OC(CN(C)C)CS2. The first-order valence-electron chi connectivity index (χ1n) is 5.73. The Labute approximate surface area is 111 Å². The topological polar surface area (TPSA) is 73.7 Å². The second-order valence-corrected chi connectivity index (χ2v) is 5.58. The Morgan fingerprint density at radius 2 is 2.22 bits per heavy atom. The first kappa shape index (κ1) is 13.2. The fraction of sp³-hybridized carbons (Fsp3) is 0.500. The first-order valence-corrected chi connectivity index (χ1v) is 6.71. The molecule has 0 amide bonds. The van der Waals surface area contributed by atoms with Gasteiger partial charge in [-0.2, -0.15) is 0 Å². The monoisotopic (exact) mass is 269 g/mol. The molecule has 0 fully saturated rings. The van der Waals surface area contributed by atoms with Gasteiger partial charge in [-0.05, 0) is 14.1 Å². The van der Waals surface area contributed by atoms with Gasteiger partial charge in [-0.15, -0.1) is 11.8 Å². The van der Waals surface area contributed by atoms with Crippen LogP contribution in [0.1, 0.15) is 0 Å². The summed E-state index contributed by atoms with van der Waals surface area (Å²) in [6.07, 6.45) is 0.117. The van der Waals surface area contributed by atoms with Gasteiger partial charge < -0.3 is 25.8 Å². The van der Waals surface area contributed by atoms with Crippen LogP contribution in [-0.2, 0) is 0 Å². The zero-order valence-electron chi connectivity index (χ0n) is 10.9. The number of benzene rings is 1. The first-order chi connectivity index (χ1) is 8.52. The molecule has 0 radical (unpaired) electrons. The number of ether oxygens (including phenoxy) is 2. The van der Waals surface area contributed by atoms with Gasteiger partial charge in [0.25, 0.3) is 0 Å². The van der Waals surface area contributed by atoms with Crippen LogP contribution >= 0.6 is 11.8 Å². The summed E-state index contributed by atoms with van der Waals surface area (Å²) in [4.78, 5) is 3.01. The number of fused-ring (bicyclic) bond motifs is 1. The Morgan fingerprint density at radius 1 is 1.50 bits per heavy atom. The van der Waals surface area contributed by atoms with Crippen molar-refractivity contribution < 1.29 is 9.47 Å². The third kappa shape index (κ3) is 2.44. The molecule has 1 unspecified atom stereocenters. The number of hydrogen-bond acceptors (Lipinski definition) is 6. The highest BCUT2D eigenvalue weighted by molar-refractivity contribution is 7.99. The molecule has 18 heavy (non-hydrogen) atoms. The molecule has 1 aromatic carbocycles. The number of nitrogen functional groups attached to an aromatic ring is 2. The van der Waals surface area contributed by atoms with Gasteiger partial charge in [-0.25, -0.2) is 0 Å². The number of anilines is 2. The van der Waals surface area contributed by atoms with Crippen molar-refractivity contribution in [3.63, 3.8) is 0 Å². The minimum absolute atomic E-state index is 0.117. The van der Waals surface area contributed by atoms with Crippen LogP contribution in [-0.4, -0.2) is 44.5 Å². The fourth-order valence-electron chi connectivity index (χ4n) is 1.96. The lowest BCUT2D eigenvalue weighted by atomic mass is 10.2. The van der Waals surface area contributed by atoms with Gasteiger partial charge in [-0.1, -0.05) is 0 Å². The number of nitrogens with zero attached hydrogens (tertiary/aromatic N) is 1. The van der Waals surface area contributed by atoms with E-state index in [1.165, 1.54) is 0 Å². The van der Waals surface area contributed by atoms with E-state index in [0.717, 1.165) is 17.2 Å². The third-order valence-corrected chi connectivity index (χ3v) is 4.00. The van der Waals surface area contributed by atoms with Crippen LogP contribution in [0, 0.1) is 0 Å². The second kappa shape index (κ2) is 5.16. The van der Waals surface area contributed by atoms with E-state index in [1.54, 1.807) is 24.9 Å². The number of thioether (sulfide) groups is 1. The van der Waals surface area contributed by atoms with Crippen LogP contribution < -0.4 is 20.9 Å². The van der Waals surface area contributed by atoms with E-state index in [1.807, 2.05) is 14.1 Å². The molecule has 1 aliphatic rings. The van der Waals surface area contributed by atoms with E-state index >= 15 is 0 Å². The molecular formula is C12H19N3O2S. The van der Waals surface area contributed by atoms with Crippen LogP contribution in [0.5, 0.6) is 11.5 Å². The number of hydrogen-bond donors (Lipinski definition) is 2. The van der Waals surface area contributed by atoms with E-state index in [4.69, 9.17) is 20.9 Å². The molecule has 2 rings (SSSR count). The highest BCUT2D eigenvalue weighted by Gasteiger charge is 2.26. The summed E-state index contributed by atoms with van der Waals surface area (Å²) in [5.74, 6) is 2.11. The summed E-state index contributed by atoms with van der Waals surface area (Å²) in [7, 11) is 5.62. The van der Waals surface area contributed by atoms with E-state index in [2.05, 4.69) is 4.90 Å². The van der Waals surface area contributed by atoms with Crippen molar-refractivity contribution in [2.24, 2.45) is 0 Å². The summed E-state index contributed by atoms with van der Waals surface area (Å²) in [5.41, 5.74) is 13.2. The fourth-order valence-corrected chi connectivity index (χ4v) is 3.00. The molecular weight excluding hydrogens is 250 g/mol. The molecule has 1 atom stereocenters. The number of methoxy groups -OCH3 is 1. The second-order valence-electron chi connectivity index (χ2n) is 4.55. The van der Waals surface area contributed by atoms with Crippen molar-refractivity contribution in [2.45, 2.75) is 11.0 Å². The van der Waals surface area contributed by atoms with E-state index in [9.17, 15) is 0 Å². The van der Waals surface area contributed by atoms with Crippen LogP contribution in [0.4, 0.5) is 11.4 Å². The molecule has 0 aromatic heterocycles. The molecule has 0 spiro atoms. The molecule has 100 valence electrons. The molecule has 0 bridgehead atoms. The maximum absolute atomic E-state index is 6.04. The Balaban J connectivity index is 2.32. The molecule has 5 nitrogen and oxygen atoms in total. The van der Waals surface area contributed by atoms with Crippen molar-refractivity contribution in [2.75, 3.05) is 45.0 Å². The minimum atomic E-state index is 0.117. The zero-order valence-corrected chi connectivity index (χ0v) is 11.7. The summed E-state index contributed by atoms with van der Waals surface area (Å²) in [6.45, 7) is 0.850. The van der Waals surface area contributed by atoms with E-state index in [0.29, 0.717) is 22.9 Å². The van der Waals surface area contributed by atoms with Gasteiger partial charge in [0.15, 0.2) is 5.75 Å². The molecule has 1 heterocycles. The van der Waals surface area contributed by atoms with Crippen LogP contribution in [0.2, 0.25) is 0 Å². The maximum Gasteiger partial charge on any atom is 0.162 e. The lowest BCUT2D eigenvalue weighted by Gasteiger charge is -2.29. The lowest BCUT2D eigenvalue weighted by Crippen LogP contribution is -2.34. The highest BCUT2D eigenvalue weighted by atomic mass is 32.2. The quantitative estimate of drug-likeness (QED) is 0.805. The Bertz CT molecular complexity index is 451. The Kier molecular flexibility index (Phi) is 3.77. The summed E-state index contributed by atoms with van der Waals surface area (Å²) in [5, 5.41) is 0. The van der Waals surface area contributed by atoms with Crippen molar-refractivity contribution in [3.05, 3.63) is 6.07 Å². The standard InChI is InChI=1S/C12H19N3O2S/c1-15(2)5-7-6-18-12-8(13)4-9(16-3)10(14)11(12)17-7/h4,7H,5-6,13-14H2,1-3H3. The average Bonchev–Trinajstić information content (AvgIpc) is 2.33. The van der Waals surface area contributed by atoms with Crippen molar-refractivity contribution >= 4 is 23.1 Å². The van der Waals surface area contributed by atoms with Crippen LogP contribution in [0.15, 0.2) is 11.0 Å². The molecule has 4 N–H and O–H groups in total. The Morgan fingerprint density at radius 3 is 2.83 bits per heavy atom. The van der Waals surface area contributed by atoms with Crippen LogP contribution in [0.3, 0.4) is 0 Å². The molecule has 0 saturated heterocycles. The predicted molar refractivity (Wildman–Crippen MR) is 75.5 cm³/mol. The summed E-state index contributed by atoms with van der Waals surface area (Å²) in [6, 6.07) is 1.75. The smallest absolute Gasteiger partial charge is 0.162 e. The van der Waals surface area contributed by atoms with Crippen molar-refractivity contribution in [1.29, 1.82) is 0 Å². The maximum atomic E-state index is 6.04. The van der Waals surface area contributed by atoms with Crippen LogP contribution in [0.25, 0.3) is 0 Å². The average molecular weight is 269 g/mol. The Hall–Kier alpha value is -1.27. The highest BCUT2D eigenvalue weighted by Crippen LogP contribution is 2.47. The molecule has 0 aliphatic carbocycles. The van der Waals surface area contributed by atoms with Gasteiger partial charge in [0.05, 0.1) is 17.7 Å². The van der Waals surface area contributed by atoms with Gasteiger partial charge in [0.2, 0.25) is 0 Å². The van der Waals surface area contributed by atoms with Crippen molar-refractivity contribution in [1.82, 2.24) is 4.90 Å². The number of likely N-dealkylation sites (N-methyl/N-ethyl adjacent to an activating group) is 1. The third-order valence-electron chi connectivity index (χ3n) is 2.75. The summed E-state index contributed by atoms with van der Waals surface area (Å²) >= 11 is 1.69. The van der Waals surface area contributed by atoms with Gasteiger partial charge >= 0.3 is 0 Å². The molecule has 1 aliphatic heterocycles. The molecule has 1 aromatic rings. The number of rotatable bonds is 3. The molecule has 6 heteroatoms. The lowest BCUT2D eigenvalue weighted by molar-refractivity contribution is 0.173. The predicted octanol–water partition coefficient (Wildman–Crippen LogP) is 1.27. The number of nitrogens with two attached hydrogens (primary N) is 2. The van der Waals surface area contributed by atoms with Gasteiger partial charge in [-0.3, -0.25) is 0 Å². The largest absolute Gasteiger partial charge is 0.494 e. The van der Waals surface area contributed by atoms with E-state index < -0.39 is 0 Å². The minimum Gasteiger partial charge on any atom is -0.494 e. The van der Waals surface area contributed by atoms with Crippen molar-refractivity contribution in [3.8, 4) is 11.5 Å². The van der Waals surface area contributed by atoms with Gasteiger partial charge in [0.1, 0.15) is 17.5 Å². The van der Waals surface area contributed by atoms with Gasteiger partial charge in [0, 0.05) is 18.4 Å². The van der Waals surface area contributed by atoms with E-state index in [-0.39, 0.29) is 6.10 Å². The molecule has 0 saturated carbocycles. The normalized spacial score (nSPS) is 18.3. The summed E-state index contributed by atoms with van der Waals surface area (Å²) < 4.78 is 11.2.